The number of aryl methyl sites for hydroxylation is 1. The average molecular weight is 325 g/mol. The molecule has 1 N–H and O–H groups in total. The highest BCUT2D eigenvalue weighted by atomic mass is 32.2. The van der Waals surface area contributed by atoms with Crippen molar-refractivity contribution < 1.29 is 18.3 Å². The highest BCUT2D eigenvalue weighted by Crippen LogP contribution is 2.29. The van der Waals surface area contributed by atoms with Crippen LogP contribution in [0.2, 0.25) is 0 Å². The van der Waals surface area contributed by atoms with Crippen molar-refractivity contribution in [2.24, 2.45) is 0 Å². The van der Waals surface area contributed by atoms with Crippen LogP contribution in [0.5, 0.6) is 0 Å². The van der Waals surface area contributed by atoms with Gasteiger partial charge in [-0.15, -0.1) is 11.3 Å². The summed E-state index contributed by atoms with van der Waals surface area (Å²) in [5.74, 6) is -1.14. The topological polar surface area (TPSA) is 74.7 Å². The van der Waals surface area contributed by atoms with E-state index in [1.807, 2.05) is 6.92 Å². The molecule has 0 spiro atoms. The van der Waals surface area contributed by atoms with Crippen LogP contribution >= 0.6 is 11.3 Å². The first-order chi connectivity index (χ1) is 9.87. The average Bonchev–Trinajstić information content (AvgIpc) is 2.96. The largest absolute Gasteiger partial charge is 0.477 e. The fourth-order valence-electron chi connectivity index (χ4n) is 1.90. The molecule has 0 aliphatic carbocycles. The molecule has 1 aromatic heterocycles. The quantitative estimate of drug-likeness (QED) is 0.917. The molecule has 0 radical (unpaired) electrons. The summed E-state index contributed by atoms with van der Waals surface area (Å²) in [5.41, 5.74) is 1.21. The molecule has 1 aromatic carbocycles. The summed E-state index contributed by atoms with van der Waals surface area (Å²) in [7, 11) is -2.41. The smallest absolute Gasteiger partial charge is 0.348 e. The van der Waals surface area contributed by atoms with E-state index < -0.39 is 16.0 Å². The van der Waals surface area contributed by atoms with Gasteiger partial charge < -0.3 is 5.11 Å². The van der Waals surface area contributed by atoms with E-state index in [-0.39, 0.29) is 15.5 Å². The van der Waals surface area contributed by atoms with E-state index in [9.17, 15) is 13.2 Å². The summed E-state index contributed by atoms with van der Waals surface area (Å²) in [4.78, 5) is 11.3. The van der Waals surface area contributed by atoms with Gasteiger partial charge in [-0.25, -0.2) is 13.2 Å². The Labute approximate surface area is 127 Å². The van der Waals surface area contributed by atoms with E-state index in [1.165, 1.54) is 25.2 Å². The van der Waals surface area contributed by atoms with Gasteiger partial charge in [0.25, 0.3) is 10.0 Å². The lowest BCUT2D eigenvalue weighted by molar-refractivity contribution is 0.0703. The third-order valence-electron chi connectivity index (χ3n) is 3.17. The molecule has 2 rings (SSSR count). The van der Waals surface area contributed by atoms with Gasteiger partial charge in [0.1, 0.15) is 4.88 Å². The highest BCUT2D eigenvalue weighted by molar-refractivity contribution is 7.92. The van der Waals surface area contributed by atoms with Crippen molar-refractivity contribution in [1.29, 1.82) is 0 Å². The van der Waals surface area contributed by atoms with Gasteiger partial charge in [0.2, 0.25) is 0 Å². The number of nitrogens with zero attached hydrogens (tertiary/aromatic N) is 1. The molecule has 0 aliphatic heterocycles. The minimum absolute atomic E-state index is 0.00579. The predicted octanol–water partition coefficient (Wildman–Crippen LogP) is 2.83. The number of benzene rings is 1. The fraction of sp³-hybridized carbons (Fsp3) is 0.214. The number of hydrogen-bond acceptors (Lipinski definition) is 4. The number of carbonyl (C=O) groups is 1. The van der Waals surface area contributed by atoms with Gasteiger partial charge >= 0.3 is 5.97 Å². The van der Waals surface area contributed by atoms with Crippen molar-refractivity contribution in [3.05, 3.63) is 46.2 Å². The first-order valence-electron chi connectivity index (χ1n) is 6.26. The van der Waals surface area contributed by atoms with E-state index >= 15 is 0 Å². The zero-order valence-electron chi connectivity index (χ0n) is 11.6. The summed E-state index contributed by atoms with van der Waals surface area (Å²) in [6, 6.07) is 8.08. The number of thiophene rings is 1. The van der Waals surface area contributed by atoms with Gasteiger partial charge in [-0.05, 0) is 35.6 Å². The zero-order chi connectivity index (χ0) is 15.6. The van der Waals surface area contributed by atoms with E-state index in [1.54, 1.807) is 17.5 Å². The maximum absolute atomic E-state index is 12.5. The second-order valence-corrected chi connectivity index (χ2v) is 7.30. The first kappa shape index (κ1) is 15.5. The number of anilines is 1. The number of carboxylic acids is 1. The standard InChI is InChI=1S/C14H15NO4S2/c1-3-10-4-6-11(7-5-10)21(18,19)15(2)12-8-9-20-13(12)14(16)17/h4-9H,3H2,1-2H3,(H,16,17). The van der Waals surface area contributed by atoms with Gasteiger partial charge in [-0.1, -0.05) is 19.1 Å². The van der Waals surface area contributed by atoms with Crippen LogP contribution in [0.1, 0.15) is 22.2 Å². The Kier molecular flexibility index (Phi) is 4.34. The fourth-order valence-corrected chi connectivity index (χ4v) is 3.92. The van der Waals surface area contributed by atoms with Gasteiger partial charge in [-0.3, -0.25) is 4.31 Å². The summed E-state index contributed by atoms with van der Waals surface area (Å²) in [6.45, 7) is 1.99. The number of aromatic carboxylic acids is 1. The molecule has 5 nitrogen and oxygen atoms in total. The normalized spacial score (nSPS) is 11.3. The summed E-state index contributed by atoms with van der Waals surface area (Å²) >= 11 is 0.998. The van der Waals surface area contributed by atoms with Crippen LogP contribution in [0.3, 0.4) is 0 Å². The molecular formula is C14H15NO4S2. The minimum Gasteiger partial charge on any atom is -0.477 e. The summed E-state index contributed by atoms with van der Waals surface area (Å²) in [6.07, 6.45) is 0.823. The third-order valence-corrected chi connectivity index (χ3v) is 5.85. The Bertz CT molecular complexity index is 748. The molecular weight excluding hydrogens is 310 g/mol. The Balaban J connectivity index is 2.42. The number of sulfonamides is 1. The van der Waals surface area contributed by atoms with Crippen molar-refractivity contribution >= 4 is 33.0 Å². The maximum atomic E-state index is 12.5. The van der Waals surface area contributed by atoms with E-state index in [2.05, 4.69) is 0 Å². The molecule has 21 heavy (non-hydrogen) atoms. The first-order valence-corrected chi connectivity index (χ1v) is 8.58. The Morgan fingerprint density at radius 3 is 2.38 bits per heavy atom. The van der Waals surface area contributed by atoms with Crippen LogP contribution in [0.4, 0.5) is 5.69 Å². The van der Waals surface area contributed by atoms with Gasteiger partial charge in [0.15, 0.2) is 0 Å². The molecule has 0 saturated carbocycles. The van der Waals surface area contributed by atoms with Gasteiger partial charge in [0, 0.05) is 7.05 Å². The summed E-state index contributed by atoms with van der Waals surface area (Å²) in [5, 5.41) is 10.7. The van der Waals surface area contributed by atoms with Crippen LogP contribution in [0.25, 0.3) is 0 Å². The second-order valence-electron chi connectivity index (χ2n) is 4.41. The SMILES string of the molecule is CCc1ccc(S(=O)(=O)N(C)c2ccsc2C(=O)O)cc1. The molecule has 2 aromatic rings. The second kappa shape index (κ2) is 5.87. The molecule has 0 aliphatic rings. The lowest BCUT2D eigenvalue weighted by Crippen LogP contribution is -2.27. The molecule has 0 amide bonds. The van der Waals surface area contributed by atoms with Crippen molar-refractivity contribution in [3.8, 4) is 0 Å². The molecule has 0 fully saturated rings. The number of hydrogen-bond donors (Lipinski definition) is 1. The molecule has 1 heterocycles. The lowest BCUT2D eigenvalue weighted by Gasteiger charge is -2.19. The van der Waals surface area contributed by atoms with Gasteiger partial charge in [-0.2, -0.15) is 0 Å². The molecule has 0 bridgehead atoms. The highest BCUT2D eigenvalue weighted by Gasteiger charge is 2.25. The Morgan fingerprint density at radius 1 is 1.24 bits per heavy atom. The van der Waals surface area contributed by atoms with Crippen LogP contribution in [-0.2, 0) is 16.4 Å². The number of rotatable bonds is 5. The molecule has 112 valence electrons. The minimum atomic E-state index is -3.77. The molecule has 0 unspecified atom stereocenters. The monoisotopic (exact) mass is 325 g/mol. The lowest BCUT2D eigenvalue weighted by atomic mass is 10.2. The van der Waals surface area contributed by atoms with Crippen molar-refractivity contribution in [2.45, 2.75) is 18.2 Å². The Morgan fingerprint density at radius 2 is 1.86 bits per heavy atom. The molecule has 0 saturated heterocycles. The van der Waals surface area contributed by atoms with Crippen LogP contribution in [-0.4, -0.2) is 26.5 Å². The van der Waals surface area contributed by atoms with Gasteiger partial charge in [0.05, 0.1) is 10.6 Å². The number of carboxylic acid groups (broad SMARTS) is 1. The van der Waals surface area contributed by atoms with Crippen molar-refractivity contribution in [3.63, 3.8) is 0 Å². The predicted molar refractivity (Wildman–Crippen MR) is 82.7 cm³/mol. The maximum Gasteiger partial charge on any atom is 0.348 e. The van der Waals surface area contributed by atoms with Crippen molar-refractivity contribution in [2.75, 3.05) is 11.4 Å². The third kappa shape index (κ3) is 2.93. The van der Waals surface area contributed by atoms with Crippen LogP contribution in [0, 0.1) is 0 Å². The van der Waals surface area contributed by atoms with Crippen LogP contribution in [0.15, 0.2) is 40.6 Å². The zero-order valence-corrected chi connectivity index (χ0v) is 13.2. The Hall–Kier alpha value is -1.86. The van der Waals surface area contributed by atoms with E-state index in [4.69, 9.17) is 5.11 Å². The molecule has 7 heteroatoms. The molecule has 0 atom stereocenters. The van der Waals surface area contributed by atoms with E-state index in [0.717, 1.165) is 27.6 Å². The van der Waals surface area contributed by atoms with Crippen LogP contribution < -0.4 is 4.31 Å². The van der Waals surface area contributed by atoms with E-state index in [0.29, 0.717) is 0 Å². The van der Waals surface area contributed by atoms with Crippen molar-refractivity contribution in [1.82, 2.24) is 0 Å². The summed E-state index contributed by atoms with van der Waals surface area (Å²) < 4.78 is 26.1.